The number of carbonyl (C=O) groups is 1. The van der Waals surface area contributed by atoms with Crippen LogP contribution in [0.25, 0.3) is 11.6 Å². The number of hydrogen-bond acceptors (Lipinski definition) is 7. The molecule has 2 N–H and O–H groups in total. The van der Waals surface area contributed by atoms with E-state index in [-0.39, 0.29) is 0 Å². The molecule has 2 amide bonds. The molecule has 0 unspecified atom stereocenters. The van der Waals surface area contributed by atoms with E-state index in [1.165, 1.54) is 0 Å². The number of benzene rings is 2. The van der Waals surface area contributed by atoms with Gasteiger partial charge in [0, 0.05) is 29.6 Å². The number of ether oxygens (including phenoxy) is 2. The van der Waals surface area contributed by atoms with Gasteiger partial charge in [-0.3, -0.25) is 0 Å². The minimum absolute atomic E-state index is 0.344. The lowest BCUT2D eigenvalue weighted by atomic mass is 10.1. The molecular weight excluding hydrogens is 400 g/mol. The molecule has 0 saturated heterocycles. The van der Waals surface area contributed by atoms with Gasteiger partial charge < -0.3 is 29.0 Å². The van der Waals surface area contributed by atoms with Crippen molar-refractivity contribution in [3.8, 4) is 23.1 Å². The maximum atomic E-state index is 12.6. The minimum Gasteiger partial charge on any atom is -0.497 e. The third kappa shape index (κ3) is 4.84. The van der Waals surface area contributed by atoms with E-state index in [0.717, 1.165) is 5.56 Å². The number of carbonyl (C=O) groups excluding carboxylic acids is 1. The first-order valence-electron chi connectivity index (χ1n) is 9.40. The Balaban J connectivity index is 1.47. The summed E-state index contributed by atoms with van der Waals surface area (Å²) in [7, 11) is 3.09. The first-order chi connectivity index (χ1) is 15.1. The van der Waals surface area contributed by atoms with Gasteiger partial charge in [-0.15, -0.1) is 0 Å². The summed E-state index contributed by atoms with van der Waals surface area (Å²) in [5.41, 5.74) is 1.97. The molecule has 158 valence electrons. The van der Waals surface area contributed by atoms with Crippen molar-refractivity contribution in [1.29, 1.82) is 0 Å². The molecule has 0 aliphatic heterocycles. The molecule has 9 nitrogen and oxygen atoms in total. The number of furan rings is 1. The number of para-hydroxylation sites is 1. The van der Waals surface area contributed by atoms with Crippen molar-refractivity contribution in [3.63, 3.8) is 0 Å². The second kappa shape index (κ2) is 9.04. The summed E-state index contributed by atoms with van der Waals surface area (Å²) in [6, 6.07) is 15.6. The van der Waals surface area contributed by atoms with Gasteiger partial charge in [0.25, 0.3) is 0 Å². The fourth-order valence-corrected chi connectivity index (χ4v) is 2.96. The third-order valence-corrected chi connectivity index (χ3v) is 4.43. The smallest absolute Gasteiger partial charge is 0.323 e. The van der Waals surface area contributed by atoms with Crippen LogP contribution in [0.1, 0.15) is 11.5 Å². The molecule has 2 aromatic heterocycles. The van der Waals surface area contributed by atoms with Crippen molar-refractivity contribution < 1.29 is 23.2 Å². The number of aromatic nitrogens is 2. The van der Waals surface area contributed by atoms with Gasteiger partial charge in [-0.25, -0.2) is 4.79 Å². The van der Waals surface area contributed by atoms with E-state index in [0.29, 0.717) is 46.8 Å². The van der Waals surface area contributed by atoms with Crippen LogP contribution in [0.2, 0.25) is 0 Å². The molecule has 31 heavy (non-hydrogen) atoms. The van der Waals surface area contributed by atoms with E-state index < -0.39 is 6.03 Å². The first-order valence-corrected chi connectivity index (χ1v) is 9.40. The van der Waals surface area contributed by atoms with Gasteiger partial charge in [-0.1, -0.05) is 23.4 Å². The van der Waals surface area contributed by atoms with Crippen molar-refractivity contribution in [3.05, 3.63) is 72.3 Å². The minimum atomic E-state index is -0.412. The predicted octanol–water partition coefficient (Wildman–Crippen LogP) is 4.58. The molecule has 2 aromatic carbocycles. The van der Waals surface area contributed by atoms with Crippen LogP contribution in [0.3, 0.4) is 0 Å². The van der Waals surface area contributed by atoms with E-state index in [1.54, 1.807) is 56.9 Å². The zero-order chi connectivity index (χ0) is 21.6. The van der Waals surface area contributed by atoms with E-state index in [2.05, 4.69) is 20.8 Å². The largest absolute Gasteiger partial charge is 0.497 e. The van der Waals surface area contributed by atoms with Gasteiger partial charge in [-0.2, -0.15) is 4.98 Å². The van der Waals surface area contributed by atoms with Gasteiger partial charge >= 0.3 is 6.03 Å². The molecule has 0 aliphatic rings. The normalized spacial score (nSPS) is 10.5. The number of nitrogens with one attached hydrogen (secondary N) is 2. The monoisotopic (exact) mass is 420 g/mol. The number of amides is 2. The second-order valence-corrected chi connectivity index (χ2v) is 6.50. The number of methoxy groups -OCH3 is 2. The Morgan fingerprint density at radius 1 is 1.00 bits per heavy atom. The average Bonchev–Trinajstić information content (AvgIpc) is 3.47. The Labute approximate surface area is 178 Å². The highest BCUT2D eigenvalue weighted by atomic mass is 16.5. The zero-order valence-corrected chi connectivity index (χ0v) is 16.9. The molecule has 4 rings (SSSR count). The quantitative estimate of drug-likeness (QED) is 0.450. The lowest BCUT2D eigenvalue weighted by molar-refractivity contribution is 0.262. The Hall–Kier alpha value is -4.27. The molecule has 0 saturated carbocycles. The van der Waals surface area contributed by atoms with Crippen LogP contribution >= 0.6 is 0 Å². The Morgan fingerprint density at radius 2 is 1.77 bits per heavy atom. The zero-order valence-electron chi connectivity index (χ0n) is 16.9. The third-order valence-electron chi connectivity index (χ3n) is 4.43. The van der Waals surface area contributed by atoms with Crippen molar-refractivity contribution in [2.75, 3.05) is 24.9 Å². The number of hydrogen-bond donors (Lipinski definition) is 2. The van der Waals surface area contributed by atoms with Crippen molar-refractivity contribution in [2.24, 2.45) is 0 Å². The lowest BCUT2D eigenvalue weighted by Crippen LogP contribution is -2.20. The summed E-state index contributed by atoms with van der Waals surface area (Å²) in [4.78, 5) is 16.9. The topological polar surface area (TPSA) is 112 Å². The molecule has 0 fully saturated rings. The van der Waals surface area contributed by atoms with E-state index in [1.807, 2.05) is 18.2 Å². The average molecular weight is 420 g/mol. The first kappa shape index (κ1) is 20.0. The van der Waals surface area contributed by atoms with Crippen LogP contribution in [0.5, 0.6) is 11.5 Å². The summed E-state index contributed by atoms with van der Waals surface area (Å²) in [6.07, 6.45) is 1.89. The molecule has 0 aliphatic carbocycles. The maximum Gasteiger partial charge on any atom is 0.323 e. The van der Waals surface area contributed by atoms with Crippen molar-refractivity contribution in [2.45, 2.75) is 6.42 Å². The van der Waals surface area contributed by atoms with Crippen LogP contribution in [0, 0.1) is 0 Å². The highest BCUT2D eigenvalue weighted by molar-refractivity contribution is 6.00. The highest BCUT2D eigenvalue weighted by Gasteiger charge is 2.14. The van der Waals surface area contributed by atoms with Crippen LogP contribution < -0.4 is 20.1 Å². The van der Waals surface area contributed by atoms with Crippen LogP contribution in [0.4, 0.5) is 16.2 Å². The molecule has 0 bridgehead atoms. The van der Waals surface area contributed by atoms with Crippen LogP contribution in [-0.2, 0) is 6.42 Å². The van der Waals surface area contributed by atoms with E-state index in [9.17, 15) is 4.79 Å². The molecule has 0 atom stereocenters. The summed E-state index contributed by atoms with van der Waals surface area (Å²) in [5.74, 6) is 2.43. The van der Waals surface area contributed by atoms with Gasteiger partial charge in [0.2, 0.25) is 11.7 Å². The van der Waals surface area contributed by atoms with Gasteiger partial charge in [0.15, 0.2) is 5.76 Å². The SMILES string of the molecule is COc1cc(NC(=O)Nc2ccccc2Cc2nc(-c3ccco3)no2)cc(OC)c1. The predicted molar refractivity (Wildman–Crippen MR) is 113 cm³/mol. The van der Waals surface area contributed by atoms with Gasteiger partial charge in [-0.05, 0) is 23.8 Å². The fraction of sp³-hybridized carbons (Fsp3) is 0.136. The van der Waals surface area contributed by atoms with E-state index in [4.69, 9.17) is 18.4 Å². The standard InChI is InChI=1S/C22H20N4O5/c1-28-16-11-15(12-17(13-16)29-2)23-22(27)24-18-7-4-3-6-14(18)10-20-25-21(26-31-20)19-8-5-9-30-19/h3-9,11-13H,10H2,1-2H3,(H2,23,24,27). The fourth-order valence-electron chi connectivity index (χ4n) is 2.96. The summed E-state index contributed by atoms with van der Waals surface area (Å²) < 4.78 is 21.1. The summed E-state index contributed by atoms with van der Waals surface area (Å²) in [5, 5.41) is 9.56. The molecule has 0 spiro atoms. The van der Waals surface area contributed by atoms with Crippen molar-refractivity contribution >= 4 is 17.4 Å². The van der Waals surface area contributed by atoms with Crippen LogP contribution in [-0.4, -0.2) is 30.4 Å². The molecular formula is C22H20N4O5. The highest BCUT2D eigenvalue weighted by Crippen LogP contribution is 2.26. The van der Waals surface area contributed by atoms with E-state index >= 15 is 0 Å². The maximum absolute atomic E-state index is 12.6. The number of rotatable bonds is 7. The molecule has 4 aromatic rings. The molecule has 2 heterocycles. The Morgan fingerprint density at radius 3 is 2.48 bits per heavy atom. The Kier molecular flexibility index (Phi) is 5.84. The molecule has 0 radical (unpaired) electrons. The molecule has 9 heteroatoms. The number of anilines is 2. The van der Waals surface area contributed by atoms with Gasteiger partial charge in [0.1, 0.15) is 11.5 Å². The van der Waals surface area contributed by atoms with Gasteiger partial charge in [0.05, 0.1) is 26.9 Å². The van der Waals surface area contributed by atoms with Crippen LogP contribution in [0.15, 0.2) is 69.8 Å². The summed E-state index contributed by atoms with van der Waals surface area (Å²) >= 11 is 0. The van der Waals surface area contributed by atoms with Crippen molar-refractivity contribution in [1.82, 2.24) is 10.1 Å². The lowest BCUT2D eigenvalue weighted by Gasteiger charge is -2.12. The number of nitrogens with zero attached hydrogens (tertiary/aromatic N) is 2. The number of urea groups is 1. The second-order valence-electron chi connectivity index (χ2n) is 6.50. The summed E-state index contributed by atoms with van der Waals surface area (Å²) in [6.45, 7) is 0. The Bertz CT molecular complexity index is 1150.